The molecule has 0 fully saturated rings. The fraction of sp³-hybridized carbons (Fsp3) is 0.400. The molecule has 2 nitrogen and oxygen atoms in total. The zero-order chi connectivity index (χ0) is 11.8. The third kappa shape index (κ3) is 2.21. The summed E-state index contributed by atoms with van der Waals surface area (Å²) < 4.78 is 31.1. The Labute approximate surface area is 91.4 Å². The van der Waals surface area contributed by atoms with Crippen molar-refractivity contribution < 1.29 is 18.6 Å². The molecule has 1 N–H and O–H groups in total. The van der Waals surface area contributed by atoms with E-state index in [1.165, 1.54) is 21.0 Å². The van der Waals surface area contributed by atoms with E-state index in [-0.39, 0.29) is 16.3 Å². The largest absolute Gasteiger partial charge is 0.493 e. The van der Waals surface area contributed by atoms with Crippen LogP contribution in [0.15, 0.2) is 6.07 Å². The van der Waals surface area contributed by atoms with Gasteiger partial charge in [0.05, 0.1) is 17.7 Å². The SMILES string of the molecule is COc1c(C(C)(C)O)cc(Cl)c(F)c1F. The van der Waals surface area contributed by atoms with Gasteiger partial charge in [-0.15, -0.1) is 0 Å². The summed E-state index contributed by atoms with van der Waals surface area (Å²) in [6.45, 7) is 2.86. The molecule has 0 bridgehead atoms. The minimum absolute atomic E-state index is 0.105. The van der Waals surface area contributed by atoms with Crippen molar-refractivity contribution in [1.29, 1.82) is 0 Å². The molecule has 1 aromatic rings. The van der Waals surface area contributed by atoms with Crippen molar-refractivity contribution >= 4 is 11.6 Å². The number of hydrogen-bond donors (Lipinski definition) is 1. The highest BCUT2D eigenvalue weighted by Crippen LogP contribution is 2.36. The Balaban J connectivity index is 3.53. The summed E-state index contributed by atoms with van der Waals surface area (Å²) in [5.74, 6) is -2.70. The predicted molar refractivity (Wildman–Crippen MR) is 53.2 cm³/mol. The molecule has 0 aromatic heterocycles. The van der Waals surface area contributed by atoms with Crippen molar-refractivity contribution in [2.24, 2.45) is 0 Å². The van der Waals surface area contributed by atoms with Crippen molar-refractivity contribution in [2.45, 2.75) is 19.4 Å². The van der Waals surface area contributed by atoms with E-state index in [0.29, 0.717) is 0 Å². The van der Waals surface area contributed by atoms with E-state index in [2.05, 4.69) is 0 Å². The van der Waals surface area contributed by atoms with Crippen LogP contribution in [0.25, 0.3) is 0 Å². The van der Waals surface area contributed by atoms with Crippen molar-refractivity contribution in [1.82, 2.24) is 0 Å². The van der Waals surface area contributed by atoms with Gasteiger partial charge in [0.2, 0.25) is 5.82 Å². The van der Waals surface area contributed by atoms with Crippen LogP contribution in [0.3, 0.4) is 0 Å². The van der Waals surface area contributed by atoms with E-state index >= 15 is 0 Å². The molecule has 0 unspecified atom stereocenters. The van der Waals surface area contributed by atoms with Crippen LogP contribution in [0.5, 0.6) is 5.75 Å². The van der Waals surface area contributed by atoms with Crippen molar-refractivity contribution in [3.05, 3.63) is 28.3 Å². The van der Waals surface area contributed by atoms with Gasteiger partial charge in [0, 0.05) is 5.56 Å². The fourth-order valence-electron chi connectivity index (χ4n) is 1.23. The molecule has 0 aliphatic heterocycles. The zero-order valence-electron chi connectivity index (χ0n) is 8.57. The lowest BCUT2D eigenvalue weighted by molar-refractivity contribution is 0.0747. The third-order valence-electron chi connectivity index (χ3n) is 1.98. The van der Waals surface area contributed by atoms with Crippen LogP contribution >= 0.6 is 11.6 Å². The van der Waals surface area contributed by atoms with Gasteiger partial charge in [0.1, 0.15) is 0 Å². The van der Waals surface area contributed by atoms with Gasteiger partial charge in [0.25, 0.3) is 0 Å². The molecule has 1 aromatic carbocycles. The number of rotatable bonds is 2. The van der Waals surface area contributed by atoms with Crippen LogP contribution in [-0.4, -0.2) is 12.2 Å². The standard InChI is InChI=1S/C10H11ClF2O2/c1-10(2,14)5-4-6(11)7(12)8(13)9(5)15-3/h4,14H,1-3H3. The van der Waals surface area contributed by atoms with Crippen LogP contribution in [0.2, 0.25) is 5.02 Å². The average Bonchev–Trinajstić information content (AvgIpc) is 2.12. The molecule has 5 heteroatoms. The minimum atomic E-state index is -1.36. The lowest BCUT2D eigenvalue weighted by Crippen LogP contribution is -2.18. The first-order valence-electron chi connectivity index (χ1n) is 4.23. The van der Waals surface area contributed by atoms with Gasteiger partial charge in [0.15, 0.2) is 11.6 Å². The van der Waals surface area contributed by atoms with Crippen LogP contribution in [0.1, 0.15) is 19.4 Å². The maximum atomic E-state index is 13.4. The number of halogens is 3. The number of hydrogen-bond acceptors (Lipinski definition) is 2. The van der Waals surface area contributed by atoms with Crippen molar-refractivity contribution in [2.75, 3.05) is 7.11 Å². The van der Waals surface area contributed by atoms with Gasteiger partial charge in [-0.25, -0.2) is 4.39 Å². The summed E-state index contributed by atoms with van der Waals surface area (Å²) >= 11 is 5.47. The second kappa shape index (κ2) is 3.94. The van der Waals surface area contributed by atoms with Gasteiger partial charge in [-0.2, -0.15) is 4.39 Å². The van der Waals surface area contributed by atoms with E-state index < -0.39 is 17.2 Å². The molecule has 0 saturated carbocycles. The highest BCUT2D eigenvalue weighted by molar-refractivity contribution is 6.30. The summed E-state index contributed by atoms with van der Waals surface area (Å²) in [7, 11) is 1.20. The molecule has 1 rings (SSSR count). The highest BCUT2D eigenvalue weighted by atomic mass is 35.5. The molecule has 0 saturated heterocycles. The molecule has 15 heavy (non-hydrogen) atoms. The van der Waals surface area contributed by atoms with E-state index in [1.54, 1.807) is 0 Å². The van der Waals surface area contributed by atoms with E-state index in [0.717, 1.165) is 6.07 Å². The number of methoxy groups -OCH3 is 1. The first-order chi connectivity index (χ1) is 6.79. The average molecular weight is 237 g/mol. The quantitative estimate of drug-likeness (QED) is 0.800. The Hall–Kier alpha value is -0.870. The van der Waals surface area contributed by atoms with Gasteiger partial charge in [-0.3, -0.25) is 0 Å². The first kappa shape index (κ1) is 12.2. The summed E-state index contributed by atoms with van der Waals surface area (Å²) in [4.78, 5) is 0. The molecule has 0 atom stereocenters. The summed E-state index contributed by atoms with van der Waals surface area (Å²) in [6.07, 6.45) is 0. The minimum Gasteiger partial charge on any atom is -0.493 e. The van der Waals surface area contributed by atoms with Crippen molar-refractivity contribution in [3.8, 4) is 5.75 Å². The first-order valence-corrected chi connectivity index (χ1v) is 4.61. The summed E-state index contributed by atoms with van der Waals surface area (Å²) in [5.41, 5.74) is -1.25. The summed E-state index contributed by atoms with van der Waals surface area (Å²) in [5, 5.41) is 9.33. The Kier molecular flexibility index (Phi) is 3.21. The number of benzene rings is 1. The molecular weight excluding hydrogens is 226 g/mol. The number of aliphatic hydroxyl groups is 1. The van der Waals surface area contributed by atoms with Gasteiger partial charge in [-0.05, 0) is 19.9 Å². The van der Waals surface area contributed by atoms with Crippen LogP contribution in [-0.2, 0) is 5.60 Å². The zero-order valence-corrected chi connectivity index (χ0v) is 9.32. The number of ether oxygens (including phenoxy) is 1. The Morgan fingerprint density at radius 3 is 2.27 bits per heavy atom. The fourth-order valence-corrected chi connectivity index (χ4v) is 1.42. The molecule has 0 radical (unpaired) electrons. The Bertz CT molecular complexity index is 386. The maximum Gasteiger partial charge on any atom is 0.202 e. The van der Waals surface area contributed by atoms with Crippen LogP contribution in [0.4, 0.5) is 8.78 Å². The van der Waals surface area contributed by atoms with Gasteiger partial charge >= 0.3 is 0 Å². The molecule has 0 heterocycles. The van der Waals surface area contributed by atoms with E-state index in [1.807, 2.05) is 0 Å². The van der Waals surface area contributed by atoms with Crippen LogP contribution in [0, 0.1) is 11.6 Å². The van der Waals surface area contributed by atoms with E-state index in [4.69, 9.17) is 16.3 Å². The smallest absolute Gasteiger partial charge is 0.202 e. The summed E-state index contributed by atoms with van der Waals surface area (Å²) in [6, 6.07) is 1.15. The Morgan fingerprint density at radius 2 is 1.87 bits per heavy atom. The lowest BCUT2D eigenvalue weighted by Gasteiger charge is -2.21. The topological polar surface area (TPSA) is 29.5 Å². The third-order valence-corrected chi connectivity index (χ3v) is 2.26. The molecule has 0 aliphatic rings. The molecular formula is C10H11ClF2O2. The molecule has 0 spiro atoms. The second-order valence-corrected chi connectivity index (χ2v) is 4.03. The molecule has 84 valence electrons. The molecule has 0 amide bonds. The van der Waals surface area contributed by atoms with Gasteiger partial charge in [-0.1, -0.05) is 11.6 Å². The van der Waals surface area contributed by atoms with Gasteiger partial charge < -0.3 is 9.84 Å². The van der Waals surface area contributed by atoms with Crippen molar-refractivity contribution in [3.63, 3.8) is 0 Å². The highest BCUT2D eigenvalue weighted by Gasteiger charge is 2.27. The lowest BCUT2D eigenvalue weighted by atomic mass is 9.97. The predicted octanol–water partition coefficient (Wildman–Crippen LogP) is 2.85. The van der Waals surface area contributed by atoms with Crippen LogP contribution < -0.4 is 4.74 Å². The molecule has 0 aliphatic carbocycles. The normalized spacial score (nSPS) is 11.7. The van der Waals surface area contributed by atoms with E-state index in [9.17, 15) is 13.9 Å². The monoisotopic (exact) mass is 236 g/mol. The Morgan fingerprint density at radius 1 is 1.33 bits per heavy atom. The maximum absolute atomic E-state index is 13.4. The second-order valence-electron chi connectivity index (χ2n) is 3.63.